The van der Waals surface area contributed by atoms with Gasteiger partial charge in [0.15, 0.2) is 0 Å². The van der Waals surface area contributed by atoms with Crippen molar-refractivity contribution in [2.75, 3.05) is 26.4 Å². The summed E-state index contributed by atoms with van der Waals surface area (Å²) in [4.78, 5) is 25.8. The van der Waals surface area contributed by atoms with Crippen molar-refractivity contribution in [2.45, 2.75) is 98.3 Å². The summed E-state index contributed by atoms with van der Waals surface area (Å²) in [7, 11) is 0. The van der Waals surface area contributed by atoms with Crippen molar-refractivity contribution in [3.8, 4) is 56.8 Å². The monoisotopic (exact) mass is 904 g/mol. The van der Waals surface area contributed by atoms with Crippen LogP contribution in [0.25, 0.3) is 22.3 Å². The molecule has 352 valence electrons. The maximum absolute atomic E-state index is 12.9. The second-order valence-electron chi connectivity index (χ2n) is 17.1. The zero-order valence-electron chi connectivity index (χ0n) is 39.9. The van der Waals surface area contributed by atoms with E-state index in [0.717, 1.165) is 79.1 Å². The Morgan fingerprint density at radius 1 is 0.358 bits per heavy atom. The summed E-state index contributed by atoms with van der Waals surface area (Å²) in [5.74, 6) is 4.41. The van der Waals surface area contributed by atoms with Crippen LogP contribution in [0.15, 0.2) is 146 Å². The molecule has 0 saturated heterocycles. The van der Waals surface area contributed by atoms with Gasteiger partial charge in [-0.15, -0.1) is 0 Å². The van der Waals surface area contributed by atoms with E-state index in [-0.39, 0.29) is 0 Å². The van der Waals surface area contributed by atoms with Gasteiger partial charge in [-0.05, 0) is 163 Å². The maximum atomic E-state index is 12.9. The molecule has 2 unspecified atom stereocenters. The van der Waals surface area contributed by atoms with Crippen LogP contribution in [0.3, 0.4) is 0 Å². The third-order valence-electron chi connectivity index (χ3n) is 12.1. The van der Waals surface area contributed by atoms with Gasteiger partial charge in [0, 0.05) is 0 Å². The number of unbranched alkanes of at least 4 members (excludes halogenated alkanes) is 4. The van der Waals surface area contributed by atoms with Crippen molar-refractivity contribution in [3.63, 3.8) is 0 Å². The Morgan fingerprint density at radius 2 is 0.657 bits per heavy atom. The Labute approximate surface area is 398 Å². The Morgan fingerprint density at radius 3 is 0.985 bits per heavy atom. The zero-order valence-corrected chi connectivity index (χ0v) is 39.9. The lowest BCUT2D eigenvalue weighted by Gasteiger charge is -2.15. The molecule has 0 N–H and O–H groups in total. The van der Waals surface area contributed by atoms with Crippen molar-refractivity contribution in [2.24, 2.45) is 11.8 Å². The number of ether oxygens (including phenoxy) is 6. The van der Waals surface area contributed by atoms with Gasteiger partial charge in [0.05, 0.1) is 37.6 Å². The van der Waals surface area contributed by atoms with Crippen LogP contribution < -0.4 is 28.4 Å². The Balaban J connectivity index is 0.829. The first-order chi connectivity index (χ1) is 32.8. The fourth-order valence-electron chi connectivity index (χ4n) is 7.61. The van der Waals surface area contributed by atoms with Crippen molar-refractivity contribution in [3.05, 3.63) is 157 Å². The average Bonchev–Trinajstić information content (AvgIpc) is 3.37. The third kappa shape index (κ3) is 16.4. The summed E-state index contributed by atoms with van der Waals surface area (Å²) in [5, 5.41) is 0. The zero-order chi connectivity index (χ0) is 47.1. The van der Waals surface area contributed by atoms with Gasteiger partial charge in [0.2, 0.25) is 0 Å². The fraction of sp³-hybridized carbons (Fsp3) is 0.356. The predicted octanol–water partition coefficient (Wildman–Crippen LogP) is 15.3. The average molecular weight is 905 g/mol. The minimum atomic E-state index is -0.418. The summed E-state index contributed by atoms with van der Waals surface area (Å²) in [6, 6.07) is 45.3. The summed E-state index contributed by atoms with van der Waals surface area (Å²) in [6.45, 7) is 11.5. The normalized spacial score (nSPS) is 11.9. The smallest absolute Gasteiger partial charge is 0.343 e. The molecule has 0 aromatic heterocycles. The van der Waals surface area contributed by atoms with E-state index in [9.17, 15) is 9.59 Å². The highest BCUT2D eigenvalue weighted by Crippen LogP contribution is 2.27. The van der Waals surface area contributed by atoms with Gasteiger partial charge < -0.3 is 28.4 Å². The molecule has 0 heterocycles. The SMILES string of the molecule is CCCCC(CC)COc1ccc(-c2ccc(C(=O)Oc3ccc(OCCCCCOc4ccc(OC(=O)c5ccc(-c6ccc(OCC(CC)CCCC)cc6)cc5)cc4)cc3)cc2)cc1. The number of carbonyl (C=O) groups excluding carboxylic acids is 2. The first kappa shape index (κ1) is 49.9. The first-order valence-electron chi connectivity index (χ1n) is 24.4. The largest absolute Gasteiger partial charge is 0.494 e. The van der Waals surface area contributed by atoms with Crippen LogP contribution in [-0.4, -0.2) is 38.4 Å². The van der Waals surface area contributed by atoms with Gasteiger partial charge in [0.25, 0.3) is 0 Å². The molecule has 0 spiro atoms. The van der Waals surface area contributed by atoms with Crippen molar-refractivity contribution in [1.82, 2.24) is 0 Å². The molecule has 0 amide bonds. The molecule has 0 saturated carbocycles. The molecule has 2 atom stereocenters. The number of benzene rings is 6. The molecule has 0 fully saturated rings. The van der Waals surface area contributed by atoms with Crippen LogP contribution in [0, 0.1) is 11.8 Å². The summed E-state index contributed by atoms with van der Waals surface area (Å²) < 4.78 is 35.2. The van der Waals surface area contributed by atoms with Crippen LogP contribution in [0.1, 0.15) is 119 Å². The molecule has 6 aromatic rings. The van der Waals surface area contributed by atoms with Gasteiger partial charge in [0.1, 0.15) is 34.5 Å². The van der Waals surface area contributed by atoms with Crippen LogP contribution in [0.5, 0.6) is 34.5 Å². The summed E-state index contributed by atoms with van der Waals surface area (Å²) in [5.41, 5.74) is 5.09. The quantitative estimate of drug-likeness (QED) is 0.0273. The second kappa shape index (κ2) is 27.2. The molecule has 0 bridgehead atoms. The van der Waals surface area contributed by atoms with Gasteiger partial charge >= 0.3 is 11.9 Å². The van der Waals surface area contributed by atoms with Crippen molar-refractivity contribution in [1.29, 1.82) is 0 Å². The van der Waals surface area contributed by atoms with Crippen LogP contribution in [0.4, 0.5) is 0 Å². The number of rotatable bonds is 28. The van der Waals surface area contributed by atoms with Crippen LogP contribution >= 0.6 is 0 Å². The Bertz CT molecular complexity index is 2170. The molecule has 0 radical (unpaired) electrons. The standard InChI is InChI=1S/C59H68O8/c1-5-9-14-44(7-3)42-64-54-28-24-48(25-29-54)46-16-20-50(21-17-46)58(60)66-56-36-32-52(33-37-56)62-40-12-11-13-41-63-53-34-38-57(39-35-53)67-59(61)51-22-18-47(19-23-51)49-26-30-55(31-27-49)65-43-45(8-4)15-10-6-2/h16-39,44-45H,5-15,40-43H2,1-4H3. The minimum absolute atomic E-state index is 0.418. The molecule has 0 aliphatic carbocycles. The Hall–Kier alpha value is -6.54. The second-order valence-corrected chi connectivity index (χ2v) is 17.1. The predicted molar refractivity (Wildman–Crippen MR) is 269 cm³/mol. The van der Waals surface area contributed by atoms with E-state index in [1.807, 2.05) is 72.8 Å². The molecule has 8 nitrogen and oxygen atoms in total. The molecule has 6 aromatic carbocycles. The summed E-state index contributed by atoms with van der Waals surface area (Å²) in [6.07, 6.45) is 12.2. The number of esters is 2. The number of hydrogen-bond acceptors (Lipinski definition) is 8. The molecule has 8 heteroatoms. The minimum Gasteiger partial charge on any atom is -0.494 e. The van der Waals surface area contributed by atoms with Crippen molar-refractivity contribution < 1.29 is 38.0 Å². The van der Waals surface area contributed by atoms with Gasteiger partial charge in [-0.3, -0.25) is 0 Å². The van der Waals surface area contributed by atoms with Gasteiger partial charge in [-0.1, -0.05) is 115 Å². The third-order valence-corrected chi connectivity index (χ3v) is 12.1. The van der Waals surface area contributed by atoms with E-state index in [0.29, 0.717) is 59.2 Å². The lowest BCUT2D eigenvalue weighted by atomic mass is 10.0. The van der Waals surface area contributed by atoms with Gasteiger partial charge in [-0.2, -0.15) is 0 Å². The van der Waals surface area contributed by atoms with E-state index < -0.39 is 11.9 Å². The molecule has 6 rings (SSSR count). The first-order valence-corrected chi connectivity index (χ1v) is 24.4. The number of carbonyl (C=O) groups is 2. The highest BCUT2D eigenvalue weighted by molar-refractivity contribution is 5.92. The molecule has 67 heavy (non-hydrogen) atoms. The maximum Gasteiger partial charge on any atom is 0.343 e. The van der Waals surface area contributed by atoms with E-state index in [4.69, 9.17) is 28.4 Å². The summed E-state index contributed by atoms with van der Waals surface area (Å²) >= 11 is 0. The lowest BCUT2D eigenvalue weighted by molar-refractivity contribution is 0.0725. The highest BCUT2D eigenvalue weighted by atomic mass is 16.5. The molecular formula is C59H68O8. The molecular weight excluding hydrogens is 837 g/mol. The van der Waals surface area contributed by atoms with Crippen molar-refractivity contribution >= 4 is 11.9 Å². The highest BCUT2D eigenvalue weighted by Gasteiger charge is 2.13. The molecule has 0 aliphatic rings. The lowest BCUT2D eigenvalue weighted by Crippen LogP contribution is -2.11. The van der Waals surface area contributed by atoms with E-state index in [2.05, 4.69) is 27.7 Å². The van der Waals surface area contributed by atoms with Crippen LogP contribution in [0.2, 0.25) is 0 Å². The van der Waals surface area contributed by atoms with E-state index in [1.54, 1.807) is 72.8 Å². The van der Waals surface area contributed by atoms with Crippen LogP contribution in [-0.2, 0) is 0 Å². The molecule has 0 aliphatic heterocycles. The van der Waals surface area contributed by atoms with E-state index in [1.165, 1.54) is 38.5 Å². The van der Waals surface area contributed by atoms with Gasteiger partial charge in [-0.25, -0.2) is 9.59 Å². The topological polar surface area (TPSA) is 89.5 Å². The Kier molecular flexibility index (Phi) is 20.2. The van der Waals surface area contributed by atoms with E-state index >= 15 is 0 Å². The number of hydrogen-bond donors (Lipinski definition) is 0. The fourth-order valence-corrected chi connectivity index (χ4v) is 7.61.